The lowest BCUT2D eigenvalue weighted by Gasteiger charge is -1.98. The quantitative estimate of drug-likeness (QED) is 0.581. The fourth-order valence-corrected chi connectivity index (χ4v) is 2.35. The molecule has 0 bridgehead atoms. The topological polar surface area (TPSA) is 68.0 Å². The van der Waals surface area contributed by atoms with Gasteiger partial charge in [0.25, 0.3) is 5.56 Å². The van der Waals surface area contributed by atoms with Crippen LogP contribution in [0.2, 0.25) is 0 Å². The maximum absolute atomic E-state index is 12.0. The van der Waals surface area contributed by atoms with Gasteiger partial charge in [0.1, 0.15) is 5.69 Å². The maximum Gasteiger partial charge on any atom is 0.296 e. The van der Waals surface area contributed by atoms with Gasteiger partial charge in [0.05, 0.1) is 6.21 Å². The van der Waals surface area contributed by atoms with E-state index >= 15 is 0 Å². The van der Waals surface area contributed by atoms with E-state index in [0.29, 0.717) is 5.69 Å². The molecule has 1 N–H and O–H groups in total. The molecule has 7 heteroatoms. The molecule has 2 heterocycles. The average Bonchev–Trinajstić information content (AvgIpc) is 2.80. The highest BCUT2D eigenvalue weighted by Gasteiger charge is 2.05. The Balaban J connectivity index is 2.13. The average molecular weight is 299 g/mol. The first-order chi connectivity index (χ1) is 10.1. The van der Waals surface area contributed by atoms with Crippen molar-refractivity contribution in [2.24, 2.45) is 12.1 Å². The molecule has 21 heavy (non-hydrogen) atoms. The Labute approximate surface area is 125 Å². The zero-order chi connectivity index (χ0) is 15.0. The number of nitrogens with one attached hydrogen (secondary N) is 1. The normalized spacial score (nSPS) is 11.5. The van der Waals surface area contributed by atoms with Crippen molar-refractivity contribution in [3.63, 3.8) is 0 Å². The van der Waals surface area contributed by atoms with Crippen LogP contribution in [-0.2, 0) is 7.05 Å². The zero-order valence-corrected chi connectivity index (χ0v) is 12.4. The van der Waals surface area contributed by atoms with E-state index in [-0.39, 0.29) is 10.3 Å². The summed E-state index contributed by atoms with van der Waals surface area (Å²) in [5, 5.41) is 11.7. The predicted molar refractivity (Wildman–Crippen MR) is 84.3 cm³/mol. The van der Waals surface area contributed by atoms with Crippen LogP contribution in [0.3, 0.4) is 0 Å². The summed E-state index contributed by atoms with van der Waals surface area (Å²) in [6.07, 6.45) is 3.59. The van der Waals surface area contributed by atoms with Crippen molar-refractivity contribution in [3.8, 4) is 0 Å². The van der Waals surface area contributed by atoms with Gasteiger partial charge in [-0.3, -0.25) is 9.89 Å². The van der Waals surface area contributed by atoms with E-state index in [4.69, 9.17) is 12.2 Å². The molecule has 1 aromatic carbocycles. The van der Waals surface area contributed by atoms with E-state index in [1.807, 2.05) is 42.1 Å². The summed E-state index contributed by atoms with van der Waals surface area (Å²) >= 11 is 5.04. The van der Waals surface area contributed by atoms with Gasteiger partial charge in [0.15, 0.2) is 0 Å². The summed E-state index contributed by atoms with van der Waals surface area (Å²) in [6.45, 7) is 1.61. The molecule has 0 spiro atoms. The van der Waals surface area contributed by atoms with Crippen LogP contribution in [0, 0.1) is 11.7 Å². The third-order valence-corrected chi connectivity index (χ3v) is 3.52. The smallest absolute Gasteiger partial charge is 0.296 e. The van der Waals surface area contributed by atoms with E-state index in [9.17, 15) is 4.79 Å². The lowest BCUT2D eigenvalue weighted by molar-refractivity contribution is 0.720. The highest BCUT2D eigenvalue weighted by Crippen LogP contribution is 2.18. The summed E-state index contributed by atoms with van der Waals surface area (Å²) in [5.74, 6) is 0. The molecule has 106 valence electrons. The summed E-state index contributed by atoms with van der Waals surface area (Å²) in [5.41, 5.74) is 2.01. The molecular weight excluding hydrogens is 286 g/mol. The van der Waals surface area contributed by atoms with Crippen molar-refractivity contribution in [2.75, 3.05) is 0 Å². The van der Waals surface area contributed by atoms with E-state index in [2.05, 4.69) is 15.3 Å². The second-order valence-electron chi connectivity index (χ2n) is 4.69. The number of rotatable bonds is 2. The van der Waals surface area contributed by atoms with Gasteiger partial charge in [-0.05, 0) is 25.2 Å². The fourth-order valence-electron chi connectivity index (χ4n) is 2.17. The van der Waals surface area contributed by atoms with Crippen LogP contribution in [0.4, 0.5) is 0 Å². The molecule has 0 saturated carbocycles. The molecule has 3 rings (SSSR count). The van der Waals surface area contributed by atoms with E-state index in [1.165, 1.54) is 0 Å². The van der Waals surface area contributed by atoms with Gasteiger partial charge in [-0.1, -0.05) is 18.2 Å². The first-order valence-corrected chi connectivity index (χ1v) is 6.75. The maximum atomic E-state index is 12.0. The largest absolute Gasteiger partial charge is 0.350 e. The Morgan fingerprint density at radius 3 is 2.95 bits per heavy atom. The Morgan fingerprint density at radius 1 is 1.38 bits per heavy atom. The third-order valence-electron chi connectivity index (χ3n) is 3.25. The molecule has 0 aliphatic rings. The van der Waals surface area contributed by atoms with Crippen LogP contribution in [0.5, 0.6) is 0 Å². The number of aromatic amines is 1. The highest BCUT2D eigenvalue weighted by atomic mass is 32.1. The van der Waals surface area contributed by atoms with E-state index in [0.717, 1.165) is 21.1 Å². The first-order valence-electron chi connectivity index (χ1n) is 6.34. The minimum Gasteiger partial charge on any atom is -0.350 e. The molecular formula is C14H13N5OS. The molecule has 6 nitrogen and oxygen atoms in total. The minimum absolute atomic E-state index is 0.169. The SMILES string of the molecule is Cc1n[nH]c(=S)n(N=Cc2cn(C)c3ccccc23)c1=O. The Kier molecular flexibility index (Phi) is 3.26. The number of aromatic nitrogens is 4. The molecule has 0 aliphatic carbocycles. The predicted octanol–water partition coefficient (Wildman–Crippen LogP) is 1.98. The van der Waals surface area contributed by atoms with E-state index < -0.39 is 0 Å². The van der Waals surface area contributed by atoms with Gasteiger partial charge in [-0.25, -0.2) is 0 Å². The van der Waals surface area contributed by atoms with Crippen molar-refractivity contribution >= 4 is 29.3 Å². The first kappa shape index (κ1) is 13.4. The minimum atomic E-state index is -0.324. The van der Waals surface area contributed by atoms with Crippen LogP contribution in [-0.4, -0.2) is 25.7 Å². The Hall–Kier alpha value is -2.54. The number of para-hydroxylation sites is 1. The van der Waals surface area contributed by atoms with Gasteiger partial charge in [-0.2, -0.15) is 14.9 Å². The monoisotopic (exact) mass is 299 g/mol. The van der Waals surface area contributed by atoms with E-state index in [1.54, 1.807) is 13.1 Å². The summed E-state index contributed by atoms with van der Waals surface area (Å²) in [7, 11) is 1.97. The van der Waals surface area contributed by atoms with Crippen LogP contribution in [0.15, 0.2) is 40.4 Å². The number of hydrogen-bond donors (Lipinski definition) is 1. The number of H-pyrrole nitrogens is 1. The van der Waals surface area contributed by atoms with Crippen LogP contribution in [0.1, 0.15) is 11.3 Å². The third kappa shape index (κ3) is 2.31. The van der Waals surface area contributed by atoms with Crippen molar-refractivity contribution in [3.05, 3.63) is 56.8 Å². The van der Waals surface area contributed by atoms with Crippen molar-refractivity contribution in [2.45, 2.75) is 6.92 Å². The molecule has 2 aromatic heterocycles. The standard InChI is InChI=1S/C14H13N5OS/c1-9-13(20)19(14(21)17-16-9)15-7-10-8-18(2)12-6-4-3-5-11(10)12/h3-8H,1-2H3,(H,17,21). The molecule has 0 unspecified atom stereocenters. The van der Waals surface area contributed by atoms with Gasteiger partial charge < -0.3 is 4.57 Å². The second-order valence-corrected chi connectivity index (χ2v) is 5.07. The fraction of sp³-hybridized carbons (Fsp3) is 0.143. The lowest BCUT2D eigenvalue weighted by atomic mass is 10.2. The summed E-state index contributed by atoms with van der Waals surface area (Å²) in [6, 6.07) is 7.99. The second kappa shape index (κ2) is 5.10. The van der Waals surface area contributed by atoms with Crippen LogP contribution in [0.25, 0.3) is 10.9 Å². The molecule has 0 aliphatic heterocycles. The molecule has 0 saturated heterocycles. The lowest BCUT2D eigenvalue weighted by Crippen LogP contribution is -2.22. The number of nitrogens with zero attached hydrogens (tertiary/aromatic N) is 4. The zero-order valence-electron chi connectivity index (χ0n) is 11.6. The van der Waals surface area contributed by atoms with Gasteiger partial charge in [0, 0.05) is 29.7 Å². The van der Waals surface area contributed by atoms with Gasteiger partial charge in [-0.15, -0.1) is 0 Å². The Morgan fingerprint density at radius 2 is 2.14 bits per heavy atom. The number of aryl methyl sites for hydroxylation is 2. The summed E-state index contributed by atoms with van der Waals surface area (Å²) < 4.78 is 3.32. The van der Waals surface area contributed by atoms with Crippen molar-refractivity contribution < 1.29 is 0 Å². The molecule has 0 amide bonds. The summed E-state index contributed by atoms with van der Waals surface area (Å²) in [4.78, 5) is 12.0. The van der Waals surface area contributed by atoms with Crippen LogP contribution >= 0.6 is 12.2 Å². The molecule has 0 atom stereocenters. The van der Waals surface area contributed by atoms with Gasteiger partial charge >= 0.3 is 0 Å². The molecule has 3 aromatic rings. The molecule has 0 radical (unpaired) electrons. The van der Waals surface area contributed by atoms with Crippen molar-refractivity contribution in [1.29, 1.82) is 0 Å². The number of benzene rings is 1. The number of hydrogen-bond acceptors (Lipinski definition) is 4. The Bertz CT molecular complexity index is 963. The van der Waals surface area contributed by atoms with Crippen molar-refractivity contribution in [1.82, 2.24) is 19.4 Å². The molecule has 0 fully saturated rings. The van der Waals surface area contributed by atoms with Crippen LogP contribution < -0.4 is 5.56 Å². The highest BCUT2D eigenvalue weighted by molar-refractivity contribution is 7.71. The van der Waals surface area contributed by atoms with Gasteiger partial charge in [0.2, 0.25) is 4.77 Å². The number of fused-ring (bicyclic) bond motifs is 1.